The van der Waals surface area contributed by atoms with Crippen LogP contribution >= 0.6 is 38.5 Å². The van der Waals surface area contributed by atoms with Crippen molar-refractivity contribution >= 4 is 68.1 Å². The number of anilines is 1. The van der Waals surface area contributed by atoms with Crippen LogP contribution < -0.4 is 25.5 Å². The number of nitrogens with one attached hydrogen (secondary N) is 3. The van der Waals surface area contributed by atoms with Gasteiger partial charge in [-0.2, -0.15) is 5.10 Å². The summed E-state index contributed by atoms with van der Waals surface area (Å²) in [6.07, 6.45) is 3.14. The minimum atomic E-state index is -0.874. The van der Waals surface area contributed by atoms with Crippen LogP contribution in [0.1, 0.15) is 30.9 Å². The van der Waals surface area contributed by atoms with Gasteiger partial charge in [0, 0.05) is 23.3 Å². The number of hydrogen-bond acceptors (Lipinski definition) is 7. The molecule has 198 valence electrons. The van der Waals surface area contributed by atoms with E-state index < -0.39 is 11.8 Å². The molecule has 3 amide bonds. The van der Waals surface area contributed by atoms with Crippen LogP contribution in [-0.4, -0.2) is 56.4 Å². The molecular formula is C25H28BrIN4O6. The van der Waals surface area contributed by atoms with Gasteiger partial charge in [-0.15, -0.1) is 0 Å². The van der Waals surface area contributed by atoms with Crippen LogP contribution in [0.4, 0.5) is 5.69 Å². The Morgan fingerprint density at radius 2 is 2.03 bits per heavy atom. The maximum absolute atomic E-state index is 12.4. The normalized spacial score (nSPS) is 14.9. The zero-order chi connectivity index (χ0) is 26.8. The van der Waals surface area contributed by atoms with E-state index in [1.165, 1.54) is 6.21 Å². The van der Waals surface area contributed by atoms with E-state index in [4.69, 9.17) is 14.2 Å². The number of benzene rings is 2. The molecule has 1 atom stereocenters. The topological polar surface area (TPSA) is 127 Å². The first-order valence-electron chi connectivity index (χ1n) is 11.6. The fourth-order valence-electron chi connectivity index (χ4n) is 3.43. The van der Waals surface area contributed by atoms with Crippen molar-refractivity contribution in [2.45, 2.75) is 32.8 Å². The number of carbonyl (C=O) groups excluding carboxylic acids is 3. The fraction of sp³-hybridized carbons (Fsp3) is 0.360. The highest BCUT2D eigenvalue weighted by molar-refractivity contribution is 14.1. The second-order valence-corrected chi connectivity index (χ2v) is 10.1. The maximum Gasteiger partial charge on any atom is 0.329 e. The highest BCUT2D eigenvalue weighted by Crippen LogP contribution is 2.34. The highest BCUT2D eigenvalue weighted by atomic mass is 127. The smallest absolute Gasteiger partial charge is 0.329 e. The maximum atomic E-state index is 12.4. The van der Waals surface area contributed by atoms with Gasteiger partial charge in [-0.3, -0.25) is 14.4 Å². The second-order valence-electron chi connectivity index (χ2n) is 8.11. The molecule has 1 saturated heterocycles. The third kappa shape index (κ3) is 8.97. The Morgan fingerprint density at radius 1 is 1.22 bits per heavy atom. The lowest BCUT2D eigenvalue weighted by atomic mass is 10.2. The standard InChI is InChI=1S/C25H28BrIN4O6/c1-3-35-21-11-16(12-29-31-25(34)24(33)28-13-18-5-4-8-36-18)10-20(27)23(21)37-14-22(32)30-17-6-7-19(26)15(2)9-17/h6-7,9-12,18H,3-5,8,13-14H2,1-2H3,(H,28,33)(H,30,32)(H,31,34)/b29-12-/t18-/m0/s1. The molecular weight excluding hydrogens is 659 g/mol. The Kier molecular flexibility index (Phi) is 11.1. The van der Waals surface area contributed by atoms with Gasteiger partial charge in [0.2, 0.25) is 0 Å². The molecule has 0 spiro atoms. The van der Waals surface area contributed by atoms with Crippen molar-refractivity contribution in [2.75, 3.05) is 31.7 Å². The molecule has 0 saturated carbocycles. The van der Waals surface area contributed by atoms with Gasteiger partial charge in [0.25, 0.3) is 5.91 Å². The van der Waals surface area contributed by atoms with Crippen LogP contribution in [0.15, 0.2) is 39.9 Å². The van der Waals surface area contributed by atoms with Gasteiger partial charge in [0.15, 0.2) is 18.1 Å². The van der Waals surface area contributed by atoms with Crippen LogP contribution in [0, 0.1) is 10.5 Å². The van der Waals surface area contributed by atoms with E-state index in [2.05, 4.69) is 59.7 Å². The van der Waals surface area contributed by atoms with Crippen LogP contribution in [-0.2, 0) is 19.1 Å². The van der Waals surface area contributed by atoms with Gasteiger partial charge in [-0.25, -0.2) is 5.43 Å². The summed E-state index contributed by atoms with van der Waals surface area (Å²) in [5.41, 5.74) is 4.49. The number of carbonyl (C=O) groups is 3. The van der Waals surface area contributed by atoms with E-state index in [1.54, 1.807) is 18.2 Å². The first-order valence-corrected chi connectivity index (χ1v) is 13.5. The fourth-order valence-corrected chi connectivity index (χ4v) is 4.46. The molecule has 0 radical (unpaired) electrons. The number of halogens is 2. The minimum Gasteiger partial charge on any atom is -0.490 e. The Hall–Kier alpha value is -2.71. The van der Waals surface area contributed by atoms with Crippen molar-refractivity contribution in [3.8, 4) is 11.5 Å². The van der Waals surface area contributed by atoms with Gasteiger partial charge < -0.3 is 24.8 Å². The third-order valence-corrected chi connectivity index (χ3v) is 6.91. The largest absolute Gasteiger partial charge is 0.490 e. The molecule has 2 aromatic rings. The predicted molar refractivity (Wildman–Crippen MR) is 151 cm³/mol. The van der Waals surface area contributed by atoms with Gasteiger partial charge in [-0.05, 0) is 90.7 Å². The first kappa shape index (κ1) is 28.9. The van der Waals surface area contributed by atoms with E-state index in [1.807, 2.05) is 26.0 Å². The van der Waals surface area contributed by atoms with Crippen LogP contribution in [0.5, 0.6) is 11.5 Å². The number of nitrogens with zero attached hydrogens (tertiary/aromatic N) is 1. The monoisotopic (exact) mass is 686 g/mol. The Bertz CT molecular complexity index is 1170. The molecule has 1 fully saturated rings. The third-order valence-electron chi connectivity index (χ3n) is 5.22. The minimum absolute atomic E-state index is 0.0592. The van der Waals surface area contributed by atoms with Crippen molar-refractivity contribution in [1.82, 2.24) is 10.7 Å². The quantitative estimate of drug-likeness (QED) is 0.152. The Morgan fingerprint density at radius 3 is 2.73 bits per heavy atom. The number of hydrogen-bond donors (Lipinski definition) is 3. The molecule has 1 aliphatic rings. The summed E-state index contributed by atoms with van der Waals surface area (Å²) in [6.45, 7) is 4.88. The molecule has 1 aliphatic heterocycles. The van der Waals surface area contributed by atoms with Gasteiger partial charge in [0.05, 0.1) is 22.5 Å². The predicted octanol–water partition coefficient (Wildman–Crippen LogP) is 3.52. The average Bonchev–Trinajstić information content (AvgIpc) is 3.38. The lowest BCUT2D eigenvalue weighted by molar-refractivity contribution is -0.139. The molecule has 3 rings (SSSR count). The summed E-state index contributed by atoms with van der Waals surface area (Å²) in [5, 5.41) is 9.21. The van der Waals surface area contributed by atoms with E-state index >= 15 is 0 Å². The van der Waals surface area contributed by atoms with Gasteiger partial charge in [-0.1, -0.05) is 15.9 Å². The molecule has 12 heteroatoms. The second kappa shape index (κ2) is 14.3. The number of amides is 3. The number of ether oxygens (including phenoxy) is 3. The van der Waals surface area contributed by atoms with Gasteiger partial charge >= 0.3 is 11.8 Å². The van der Waals surface area contributed by atoms with E-state index in [0.29, 0.717) is 39.5 Å². The average molecular weight is 687 g/mol. The van der Waals surface area contributed by atoms with Crippen LogP contribution in [0.2, 0.25) is 0 Å². The van der Waals surface area contributed by atoms with E-state index in [9.17, 15) is 14.4 Å². The summed E-state index contributed by atoms with van der Waals surface area (Å²) in [5.74, 6) is -1.13. The molecule has 0 aliphatic carbocycles. The number of rotatable bonds is 10. The zero-order valence-electron chi connectivity index (χ0n) is 20.4. The molecule has 0 bridgehead atoms. The first-order chi connectivity index (χ1) is 17.8. The summed E-state index contributed by atoms with van der Waals surface area (Å²) in [4.78, 5) is 36.3. The molecule has 2 aromatic carbocycles. The molecule has 0 unspecified atom stereocenters. The number of hydrazone groups is 1. The van der Waals surface area contributed by atoms with Crippen molar-refractivity contribution in [3.05, 3.63) is 49.5 Å². The lowest BCUT2D eigenvalue weighted by Crippen LogP contribution is -2.41. The van der Waals surface area contributed by atoms with Crippen molar-refractivity contribution in [1.29, 1.82) is 0 Å². The van der Waals surface area contributed by atoms with E-state index in [0.717, 1.165) is 22.9 Å². The Labute approximate surface area is 237 Å². The van der Waals surface area contributed by atoms with E-state index in [-0.39, 0.29) is 25.2 Å². The lowest BCUT2D eigenvalue weighted by Gasteiger charge is -2.15. The summed E-state index contributed by atoms with van der Waals surface area (Å²) < 4.78 is 18.5. The van der Waals surface area contributed by atoms with Crippen molar-refractivity contribution in [3.63, 3.8) is 0 Å². The molecule has 3 N–H and O–H groups in total. The molecule has 1 heterocycles. The summed E-state index contributed by atoms with van der Waals surface area (Å²) in [7, 11) is 0. The van der Waals surface area contributed by atoms with Crippen molar-refractivity contribution < 1.29 is 28.6 Å². The molecule has 10 nitrogen and oxygen atoms in total. The summed E-state index contributed by atoms with van der Waals surface area (Å²) in [6, 6.07) is 8.94. The van der Waals surface area contributed by atoms with Gasteiger partial charge in [0.1, 0.15) is 0 Å². The zero-order valence-corrected chi connectivity index (χ0v) is 24.2. The summed E-state index contributed by atoms with van der Waals surface area (Å²) >= 11 is 5.50. The molecule has 37 heavy (non-hydrogen) atoms. The van der Waals surface area contributed by atoms with Crippen LogP contribution in [0.3, 0.4) is 0 Å². The molecule has 0 aromatic heterocycles. The number of aryl methyl sites for hydroxylation is 1. The Balaban J connectivity index is 1.57. The van der Waals surface area contributed by atoms with Crippen molar-refractivity contribution in [2.24, 2.45) is 5.10 Å². The SMILES string of the molecule is CCOc1cc(/C=N\NC(=O)C(=O)NC[C@@H]2CCCO2)cc(I)c1OCC(=O)Nc1ccc(Br)c(C)c1. The van der Waals surface area contributed by atoms with Crippen LogP contribution in [0.25, 0.3) is 0 Å². The highest BCUT2D eigenvalue weighted by Gasteiger charge is 2.19.